The van der Waals surface area contributed by atoms with Gasteiger partial charge in [0.05, 0.1) is 5.52 Å². The highest BCUT2D eigenvalue weighted by molar-refractivity contribution is 6.12. The monoisotopic (exact) mass is 322 g/mol. The normalized spacial score (nSPS) is 15.1. The molecule has 1 aliphatic rings. The number of nitrogens with one attached hydrogen (secondary N) is 1. The van der Waals surface area contributed by atoms with Gasteiger partial charge in [0.15, 0.2) is 0 Å². The topological polar surface area (TPSA) is 20.7 Å². The summed E-state index contributed by atoms with van der Waals surface area (Å²) in [7, 11) is 0. The van der Waals surface area contributed by atoms with Crippen LogP contribution in [0.1, 0.15) is 25.1 Å². The van der Waals surface area contributed by atoms with Gasteiger partial charge >= 0.3 is 0 Å². The molecule has 25 heavy (non-hydrogen) atoms. The van der Waals surface area contributed by atoms with Gasteiger partial charge in [0, 0.05) is 44.0 Å². The maximum Gasteiger partial charge on any atom is 0.0553 e. The molecule has 0 spiro atoms. The maximum absolute atomic E-state index is 3.58. The van der Waals surface area contributed by atoms with Crippen LogP contribution in [-0.4, -0.2) is 9.55 Å². The molecular formula is C23H18N2. The van der Waals surface area contributed by atoms with Gasteiger partial charge in [-0.3, -0.25) is 0 Å². The molecule has 0 atom stereocenters. The lowest BCUT2D eigenvalue weighted by Crippen LogP contribution is -2.14. The lowest BCUT2D eigenvalue weighted by molar-refractivity contribution is 0.645. The van der Waals surface area contributed by atoms with Crippen molar-refractivity contribution in [3.8, 4) is 5.69 Å². The second-order valence-corrected chi connectivity index (χ2v) is 7.63. The van der Waals surface area contributed by atoms with Gasteiger partial charge in [-0.15, -0.1) is 0 Å². The standard InChI is InChI=1S/C23H18N2/c1-23(2)17-8-4-6-10-20(17)25-21-13-19-16(11-14(21)12-22(23)25)15-7-3-5-9-18(15)24-19/h3-13,24H,1-2H3. The molecular weight excluding hydrogens is 304 g/mol. The first-order valence-corrected chi connectivity index (χ1v) is 8.81. The second-order valence-electron chi connectivity index (χ2n) is 7.63. The van der Waals surface area contributed by atoms with Gasteiger partial charge in [-0.05, 0) is 35.9 Å². The van der Waals surface area contributed by atoms with Crippen LogP contribution in [0.5, 0.6) is 0 Å². The third kappa shape index (κ3) is 1.50. The van der Waals surface area contributed by atoms with Gasteiger partial charge in [0.1, 0.15) is 0 Å². The van der Waals surface area contributed by atoms with Crippen molar-refractivity contribution in [2.24, 2.45) is 0 Å². The average molecular weight is 322 g/mol. The molecule has 1 aliphatic heterocycles. The Kier molecular flexibility index (Phi) is 2.21. The van der Waals surface area contributed by atoms with Gasteiger partial charge in [-0.2, -0.15) is 0 Å². The van der Waals surface area contributed by atoms with Crippen molar-refractivity contribution < 1.29 is 0 Å². The van der Waals surface area contributed by atoms with Crippen LogP contribution in [0.3, 0.4) is 0 Å². The number of hydrogen-bond donors (Lipinski definition) is 1. The highest BCUT2D eigenvalue weighted by atomic mass is 15.0. The number of hydrogen-bond acceptors (Lipinski definition) is 0. The Balaban J connectivity index is 1.79. The minimum absolute atomic E-state index is 0.0331. The van der Waals surface area contributed by atoms with Crippen LogP contribution in [0, 0.1) is 0 Å². The summed E-state index contributed by atoms with van der Waals surface area (Å²) in [6.07, 6.45) is 0. The summed E-state index contributed by atoms with van der Waals surface area (Å²) in [6.45, 7) is 4.65. The first-order valence-electron chi connectivity index (χ1n) is 8.81. The van der Waals surface area contributed by atoms with Crippen LogP contribution in [0.15, 0.2) is 66.7 Å². The molecule has 1 N–H and O–H groups in total. The number of aromatic nitrogens is 2. The summed E-state index contributed by atoms with van der Waals surface area (Å²) in [5, 5.41) is 3.92. The first-order chi connectivity index (χ1) is 12.1. The number of H-pyrrole nitrogens is 1. The Morgan fingerprint density at radius 1 is 0.800 bits per heavy atom. The summed E-state index contributed by atoms with van der Waals surface area (Å²) in [6, 6.07) is 24.3. The Hall–Kier alpha value is -3.00. The number of benzene rings is 3. The quantitative estimate of drug-likeness (QED) is 0.366. The molecule has 0 saturated heterocycles. The summed E-state index contributed by atoms with van der Waals surface area (Å²) in [5.41, 5.74) is 7.82. The highest BCUT2D eigenvalue weighted by Crippen LogP contribution is 2.46. The molecule has 2 nitrogen and oxygen atoms in total. The van der Waals surface area contributed by atoms with E-state index >= 15 is 0 Å². The molecule has 2 aromatic heterocycles. The molecule has 0 bridgehead atoms. The third-order valence-corrected chi connectivity index (χ3v) is 5.89. The van der Waals surface area contributed by atoms with Gasteiger partial charge in [-0.25, -0.2) is 0 Å². The summed E-state index contributed by atoms with van der Waals surface area (Å²) in [5.74, 6) is 0. The zero-order valence-corrected chi connectivity index (χ0v) is 14.3. The summed E-state index contributed by atoms with van der Waals surface area (Å²) < 4.78 is 2.44. The molecule has 120 valence electrons. The number of nitrogens with zero attached hydrogens (tertiary/aromatic N) is 1. The molecule has 0 amide bonds. The average Bonchev–Trinajstić information content (AvgIpc) is 3.23. The number of rotatable bonds is 0. The zero-order valence-electron chi connectivity index (χ0n) is 14.3. The van der Waals surface area contributed by atoms with Crippen LogP contribution in [-0.2, 0) is 5.41 Å². The number of aromatic amines is 1. The molecule has 6 rings (SSSR count). The maximum atomic E-state index is 3.58. The molecule has 5 aromatic rings. The van der Waals surface area contributed by atoms with Crippen molar-refractivity contribution in [3.05, 3.63) is 78.0 Å². The van der Waals surface area contributed by atoms with Crippen LogP contribution < -0.4 is 0 Å². The third-order valence-electron chi connectivity index (χ3n) is 5.89. The molecule has 2 heteroatoms. The fourth-order valence-corrected chi connectivity index (χ4v) is 4.61. The molecule has 0 saturated carbocycles. The largest absolute Gasteiger partial charge is 0.354 e. The molecule has 3 aromatic carbocycles. The predicted octanol–water partition coefficient (Wildman–Crippen LogP) is 5.90. The summed E-state index contributed by atoms with van der Waals surface area (Å²) >= 11 is 0. The van der Waals surface area contributed by atoms with E-state index in [1.54, 1.807) is 0 Å². The zero-order chi connectivity index (χ0) is 16.8. The second kappa shape index (κ2) is 4.15. The van der Waals surface area contributed by atoms with E-state index in [0.29, 0.717) is 0 Å². The fraction of sp³-hybridized carbons (Fsp3) is 0.130. The van der Waals surface area contributed by atoms with E-state index in [9.17, 15) is 0 Å². The Morgan fingerprint density at radius 3 is 2.52 bits per heavy atom. The minimum Gasteiger partial charge on any atom is -0.354 e. The lowest BCUT2D eigenvalue weighted by atomic mass is 9.83. The molecule has 0 fully saturated rings. The van der Waals surface area contributed by atoms with E-state index in [4.69, 9.17) is 0 Å². The van der Waals surface area contributed by atoms with E-state index in [2.05, 4.69) is 90.1 Å². The van der Waals surface area contributed by atoms with Gasteiger partial charge in [0.2, 0.25) is 0 Å². The van der Waals surface area contributed by atoms with Crippen molar-refractivity contribution in [1.82, 2.24) is 9.55 Å². The predicted molar refractivity (Wildman–Crippen MR) is 105 cm³/mol. The van der Waals surface area contributed by atoms with Crippen molar-refractivity contribution >= 4 is 32.7 Å². The lowest BCUT2D eigenvalue weighted by Gasteiger charge is -2.18. The Labute approximate surface area is 145 Å². The van der Waals surface area contributed by atoms with Crippen LogP contribution >= 0.6 is 0 Å². The molecule has 0 unspecified atom stereocenters. The van der Waals surface area contributed by atoms with E-state index in [0.717, 1.165) is 0 Å². The number of fused-ring (bicyclic) bond motifs is 8. The van der Waals surface area contributed by atoms with Crippen LogP contribution in [0.2, 0.25) is 0 Å². The SMILES string of the molecule is CC1(C)c2ccccc2-n2c1cc1cc3c(cc12)[nH]c1ccccc13. The van der Waals surface area contributed by atoms with Crippen molar-refractivity contribution in [1.29, 1.82) is 0 Å². The van der Waals surface area contributed by atoms with Gasteiger partial charge in [-0.1, -0.05) is 50.2 Å². The van der Waals surface area contributed by atoms with Gasteiger partial charge < -0.3 is 9.55 Å². The van der Waals surface area contributed by atoms with E-state index in [1.165, 1.54) is 49.7 Å². The Morgan fingerprint density at radius 2 is 1.60 bits per heavy atom. The van der Waals surface area contributed by atoms with E-state index in [1.807, 2.05) is 0 Å². The minimum atomic E-state index is 0.0331. The van der Waals surface area contributed by atoms with E-state index in [-0.39, 0.29) is 5.41 Å². The van der Waals surface area contributed by atoms with E-state index < -0.39 is 0 Å². The van der Waals surface area contributed by atoms with Crippen LogP contribution in [0.25, 0.3) is 38.4 Å². The first kappa shape index (κ1) is 13.3. The smallest absolute Gasteiger partial charge is 0.0553 e. The van der Waals surface area contributed by atoms with Crippen molar-refractivity contribution in [2.45, 2.75) is 19.3 Å². The van der Waals surface area contributed by atoms with Crippen molar-refractivity contribution in [2.75, 3.05) is 0 Å². The van der Waals surface area contributed by atoms with Crippen molar-refractivity contribution in [3.63, 3.8) is 0 Å². The highest BCUT2D eigenvalue weighted by Gasteiger charge is 2.36. The fourth-order valence-electron chi connectivity index (χ4n) is 4.61. The molecule has 0 radical (unpaired) electrons. The molecule has 0 aliphatic carbocycles. The number of para-hydroxylation sites is 2. The molecule has 3 heterocycles. The van der Waals surface area contributed by atoms with Crippen LogP contribution in [0.4, 0.5) is 0 Å². The Bertz CT molecular complexity index is 1310. The van der Waals surface area contributed by atoms with Gasteiger partial charge in [0.25, 0.3) is 0 Å². The summed E-state index contributed by atoms with van der Waals surface area (Å²) in [4.78, 5) is 3.58.